The average molecular weight is 326 g/mol. The molecule has 0 spiro atoms. The number of rotatable bonds is 5. The first kappa shape index (κ1) is 17.8. The van der Waals surface area contributed by atoms with Gasteiger partial charge < -0.3 is 10.4 Å². The summed E-state index contributed by atoms with van der Waals surface area (Å²) < 4.78 is 26.1. The number of carbonyl (C=O) groups excluding carboxylic acids is 1. The van der Waals surface area contributed by atoms with Crippen molar-refractivity contribution in [1.29, 1.82) is 0 Å². The molecule has 0 bridgehead atoms. The minimum absolute atomic E-state index is 0.0349. The van der Waals surface area contributed by atoms with E-state index in [1.807, 2.05) is 0 Å². The summed E-state index contributed by atoms with van der Waals surface area (Å²) in [6.45, 7) is 5.52. The van der Waals surface area contributed by atoms with Crippen LogP contribution in [0.5, 0.6) is 0 Å². The molecule has 1 amide bonds. The first-order valence-electron chi connectivity index (χ1n) is 8.01. The summed E-state index contributed by atoms with van der Waals surface area (Å²) in [7, 11) is 0. The number of anilines is 1. The SMILES string of the molecule is CCC1(CO)CCN(C(C)C(=O)Nc2ccc(F)c(F)c2)CC1. The highest BCUT2D eigenvalue weighted by atomic mass is 19.2. The molecule has 4 nitrogen and oxygen atoms in total. The Balaban J connectivity index is 1.94. The van der Waals surface area contributed by atoms with Gasteiger partial charge in [0.2, 0.25) is 5.91 Å². The number of hydrogen-bond donors (Lipinski definition) is 2. The van der Waals surface area contributed by atoms with Gasteiger partial charge in [-0.25, -0.2) is 8.78 Å². The Labute approximate surface area is 135 Å². The van der Waals surface area contributed by atoms with Crippen molar-refractivity contribution in [3.63, 3.8) is 0 Å². The van der Waals surface area contributed by atoms with Crippen LogP contribution in [0.2, 0.25) is 0 Å². The molecule has 0 aromatic heterocycles. The second kappa shape index (κ2) is 7.36. The summed E-state index contributed by atoms with van der Waals surface area (Å²) in [6, 6.07) is 2.95. The van der Waals surface area contributed by atoms with Crippen molar-refractivity contribution < 1.29 is 18.7 Å². The van der Waals surface area contributed by atoms with E-state index in [0.717, 1.165) is 44.5 Å². The molecule has 0 aliphatic carbocycles. The van der Waals surface area contributed by atoms with Gasteiger partial charge in [0.05, 0.1) is 6.04 Å². The molecule has 0 saturated carbocycles. The van der Waals surface area contributed by atoms with Crippen LogP contribution in [0.4, 0.5) is 14.5 Å². The lowest BCUT2D eigenvalue weighted by atomic mass is 9.76. The van der Waals surface area contributed by atoms with Gasteiger partial charge in [0, 0.05) is 18.4 Å². The fourth-order valence-corrected chi connectivity index (χ4v) is 3.00. The Kier molecular flexibility index (Phi) is 5.70. The van der Waals surface area contributed by atoms with E-state index in [0.29, 0.717) is 0 Å². The van der Waals surface area contributed by atoms with E-state index in [-0.39, 0.29) is 29.7 Å². The smallest absolute Gasteiger partial charge is 0.241 e. The van der Waals surface area contributed by atoms with Crippen molar-refractivity contribution >= 4 is 11.6 Å². The average Bonchev–Trinajstić information content (AvgIpc) is 2.57. The number of amides is 1. The third-order valence-corrected chi connectivity index (χ3v) is 5.06. The van der Waals surface area contributed by atoms with Gasteiger partial charge in [-0.1, -0.05) is 6.92 Å². The highest BCUT2D eigenvalue weighted by Crippen LogP contribution is 2.34. The summed E-state index contributed by atoms with van der Waals surface area (Å²) in [6.07, 6.45) is 2.62. The molecule has 128 valence electrons. The molecule has 23 heavy (non-hydrogen) atoms. The number of hydrogen-bond acceptors (Lipinski definition) is 3. The summed E-state index contributed by atoms with van der Waals surface area (Å²) in [5.74, 6) is -2.17. The molecule has 0 radical (unpaired) electrons. The predicted molar refractivity (Wildman–Crippen MR) is 85.1 cm³/mol. The van der Waals surface area contributed by atoms with Crippen molar-refractivity contribution in [3.8, 4) is 0 Å². The Hall–Kier alpha value is -1.53. The van der Waals surface area contributed by atoms with E-state index < -0.39 is 11.6 Å². The van der Waals surface area contributed by atoms with Crippen molar-refractivity contribution in [3.05, 3.63) is 29.8 Å². The Morgan fingerprint density at radius 2 is 2.00 bits per heavy atom. The van der Waals surface area contributed by atoms with Gasteiger partial charge in [0.25, 0.3) is 0 Å². The largest absolute Gasteiger partial charge is 0.396 e. The molecule has 1 aromatic carbocycles. The molecule has 2 rings (SSSR count). The first-order chi connectivity index (χ1) is 10.9. The van der Waals surface area contributed by atoms with Crippen LogP contribution < -0.4 is 5.32 Å². The number of halogens is 2. The van der Waals surface area contributed by atoms with Gasteiger partial charge in [0.1, 0.15) is 0 Å². The van der Waals surface area contributed by atoms with Crippen LogP contribution >= 0.6 is 0 Å². The highest BCUT2D eigenvalue weighted by Gasteiger charge is 2.35. The molecular formula is C17H24F2N2O2. The summed E-state index contributed by atoms with van der Waals surface area (Å²) in [4.78, 5) is 14.3. The molecular weight excluding hydrogens is 302 g/mol. The van der Waals surface area contributed by atoms with Gasteiger partial charge in [-0.15, -0.1) is 0 Å². The molecule has 1 aliphatic rings. The second-order valence-electron chi connectivity index (χ2n) is 6.34. The van der Waals surface area contributed by atoms with Crippen LogP contribution in [-0.4, -0.2) is 41.7 Å². The van der Waals surface area contributed by atoms with Gasteiger partial charge in [-0.2, -0.15) is 0 Å². The number of piperidine rings is 1. The minimum atomic E-state index is -0.982. The monoisotopic (exact) mass is 326 g/mol. The van der Waals surface area contributed by atoms with E-state index in [1.54, 1.807) is 6.92 Å². The predicted octanol–water partition coefficient (Wildman–Crippen LogP) is 2.78. The molecule has 2 N–H and O–H groups in total. The van der Waals surface area contributed by atoms with Gasteiger partial charge in [-0.3, -0.25) is 9.69 Å². The number of aliphatic hydroxyl groups is 1. The lowest BCUT2D eigenvalue weighted by Gasteiger charge is -2.42. The third kappa shape index (κ3) is 4.06. The van der Waals surface area contributed by atoms with Crippen LogP contribution in [-0.2, 0) is 4.79 Å². The van der Waals surface area contributed by atoms with Gasteiger partial charge >= 0.3 is 0 Å². The fourth-order valence-electron chi connectivity index (χ4n) is 3.00. The molecule has 1 atom stereocenters. The zero-order valence-electron chi connectivity index (χ0n) is 13.6. The maximum absolute atomic E-state index is 13.2. The van der Waals surface area contributed by atoms with Crippen LogP contribution in [0.1, 0.15) is 33.1 Å². The molecule has 6 heteroatoms. The zero-order chi connectivity index (χ0) is 17.0. The number of nitrogens with one attached hydrogen (secondary N) is 1. The lowest BCUT2D eigenvalue weighted by Crippen LogP contribution is -2.49. The Morgan fingerprint density at radius 1 is 1.35 bits per heavy atom. The third-order valence-electron chi connectivity index (χ3n) is 5.06. The molecule has 1 fully saturated rings. The number of likely N-dealkylation sites (tertiary alicyclic amines) is 1. The minimum Gasteiger partial charge on any atom is -0.396 e. The Morgan fingerprint density at radius 3 is 2.52 bits per heavy atom. The second-order valence-corrected chi connectivity index (χ2v) is 6.34. The normalized spacial score (nSPS) is 19.3. The van der Waals surface area contributed by atoms with Gasteiger partial charge in [0.15, 0.2) is 11.6 Å². The molecule has 1 aliphatic heterocycles. The summed E-state index contributed by atoms with van der Waals surface area (Å²) in [5, 5.41) is 12.2. The molecule has 1 saturated heterocycles. The molecule has 1 aromatic rings. The fraction of sp³-hybridized carbons (Fsp3) is 0.588. The topological polar surface area (TPSA) is 52.6 Å². The van der Waals surface area contributed by atoms with Crippen molar-refractivity contribution in [2.24, 2.45) is 5.41 Å². The summed E-state index contributed by atoms with van der Waals surface area (Å²) >= 11 is 0. The number of carbonyl (C=O) groups is 1. The van der Waals surface area contributed by atoms with Gasteiger partial charge in [-0.05, 0) is 56.8 Å². The number of benzene rings is 1. The van der Waals surface area contributed by atoms with Crippen LogP contribution in [0.3, 0.4) is 0 Å². The van der Waals surface area contributed by atoms with E-state index in [2.05, 4.69) is 17.1 Å². The van der Waals surface area contributed by atoms with Crippen molar-refractivity contribution in [2.45, 2.75) is 39.2 Å². The van der Waals surface area contributed by atoms with E-state index >= 15 is 0 Å². The quantitative estimate of drug-likeness (QED) is 0.875. The standard InChI is InChI=1S/C17H24F2N2O2/c1-3-17(11-22)6-8-21(9-7-17)12(2)16(23)20-13-4-5-14(18)15(19)10-13/h4-5,10,12,22H,3,6-9,11H2,1-2H3,(H,20,23). The highest BCUT2D eigenvalue weighted by molar-refractivity contribution is 5.94. The number of nitrogens with zero attached hydrogens (tertiary/aromatic N) is 1. The maximum Gasteiger partial charge on any atom is 0.241 e. The summed E-state index contributed by atoms with van der Waals surface area (Å²) in [5.41, 5.74) is 0.211. The van der Waals surface area contributed by atoms with Crippen molar-refractivity contribution in [2.75, 3.05) is 25.0 Å². The number of aliphatic hydroxyl groups excluding tert-OH is 1. The van der Waals surface area contributed by atoms with Crippen LogP contribution in [0.15, 0.2) is 18.2 Å². The maximum atomic E-state index is 13.2. The van der Waals surface area contributed by atoms with E-state index in [1.165, 1.54) is 6.07 Å². The Bertz CT molecular complexity index is 552. The zero-order valence-corrected chi connectivity index (χ0v) is 13.6. The van der Waals surface area contributed by atoms with Crippen LogP contribution in [0, 0.1) is 17.0 Å². The van der Waals surface area contributed by atoms with E-state index in [4.69, 9.17) is 0 Å². The van der Waals surface area contributed by atoms with E-state index in [9.17, 15) is 18.7 Å². The van der Waals surface area contributed by atoms with Crippen molar-refractivity contribution in [1.82, 2.24) is 4.90 Å². The lowest BCUT2D eigenvalue weighted by molar-refractivity contribution is -0.121. The molecule has 1 unspecified atom stereocenters. The first-order valence-corrected chi connectivity index (χ1v) is 8.01. The molecule has 1 heterocycles. The van der Waals surface area contributed by atoms with Crippen LogP contribution in [0.25, 0.3) is 0 Å².